The number of carbonyl (C=O) groups excluding carboxylic acids is 1. The number of nitrogens with one attached hydrogen (secondary N) is 1. The molecule has 0 spiro atoms. The molecule has 1 N–H and O–H groups in total. The fourth-order valence-corrected chi connectivity index (χ4v) is 5.55. The van der Waals surface area contributed by atoms with Crippen molar-refractivity contribution in [2.45, 2.75) is 45.6 Å². The average molecular weight is 292 g/mol. The maximum atomic E-state index is 12.9. The fraction of sp³-hybridized carbons (Fsp3) is 0.733. The number of anilines is 1. The summed E-state index contributed by atoms with van der Waals surface area (Å²) in [5.41, 5.74) is 0.452. The number of nitrogens with zero attached hydrogens (tertiary/aromatic N) is 1. The molecule has 3 fully saturated rings. The van der Waals surface area contributed by atoms with Gasteiger partial charge in [0.1, 0.15) is 0 Å². The van der Waals surface area contributed by atoms with Crippen LogP contribution in [0.3, 0.4) is 0 Å². The van der Waals surface area contributed by atoms with Crippen molar-refractivity contribution in [3.8, 4) is 0 Å². The lowest BCUT2D eigenvalue weighted by atomic mass is 9.66. The van der Waals surface area contributed by atoms with Gasteiger partial charge in [-0.3, -0.25) is 10.1 Å². The van der Waals surface area contributed by atoms with E-state index in [9.17, 15) is 4.79 Å². The van der Waals surface area contributed by atoms with E-state index < -0.39 is 5.60 Å². The monoisotopic (exact) mass is 292 g/mol. The van der Waals surface area contributed by atoms with Crippen LogP contribution in [0.15, 0.2) is 5.38 Å². The highest BCUT2D eigenvalue weighted by Gasteiger charge is 2.78. The molecule has 1 amide bonds. The van der Waals surface area contributed by atoms with Gasteiger partial charge in [-0.25, -0.2) is 4.98 Å². The third-order valence-corrected chi connectivity index (χ3v) is 7.28. The number of hydrogen-bond donors (Lipinski definition) is 1. The Morgan fingerprint density at radius 1 is 1.55 bits per heavy atom. The predicted molar refractivity (Wildman–Crippen MR) is 77.7 cm³/mol. The summed E-state index contributed by atoms with van der Waals surface area (Å²) in [5, 5.41) is 5.63. The molecule has 5 heteroatoms. The van der Waals surface area contributed by atoms with E-state index in [1.165, 1.54) is 17.8 Å². The summed E-state index contributed by atoms with van der Waals surface area (Å²) in [6.45, 7) is 7.21. The number of aryl methyl sites for hydroxylation is 1. The van der Waals surface area contributed by atoms with E-state index in [2.05, 4.69) is 24.1 Å². The van der Waals surface area contributed by atoms with E-state index in [0.29, 0.717) is 11.0 Å². The SMILES string of the molecule is Cc1csc(NC(=O)C23CC4CCC2(C)C4(C)CO3)n1. The Balaban J connectivity index is 1.67. The first-order valence-corrected chi connectivity index (χ1v) is 8.17. The number of ether oxygens (including phenoxy) is 1. The van der Waals surface area contributed by atoms with Crippen LogP contribution in [0.4, 0.5) is 5.13 Å². The van der Waals surface area contributed by atoms with Crippen LogP contribution in [0.25, 0.3) is 0 Å². The van der Waals surface area contributed by atoms with Crippen LogP contribution in [0.2, 0.25) is 0 Å². The summed E-state index contributed by atoms with van der Waals surface area (Å²) in [6.07, 6.45) is 3.20. The van der Waals surface area contributed by atoms with Gasteiger partial charge in [-0.1, -0.05) is 13.8 Å². The van der Waals surface area contributed by atoms with Crippen LogP contribution in [-0.4, -0.2) is 23.1 Å². The van der Waals surface area contributed by atoms with Crippen molar-refractivity contribution in [2.24, 2.45) is 16.7 Å². The standard InChI is InChI=1S/C15H20N2O2S/c1-9-7-20-12(16-9)17-11(18)15-6-10-4-5-14(15,3)13(10,2)8-19-15/h7,10H,4-6,8H2,1-3H3,(H,16,17,18). The van der Waals surface area contributed by atoms with Gasteiger partial charge in [-0.15, -0.1) is 11.3 Å². The Kier molecular flexibility index (Phi) is 2.32. The Bertz CT molecular complexity index is 600. The summed E-state index contributed by atoms with van der Waals surface area (Å²) in [5.74, 6) is 0.644. The maximum absolute atomic E-state index is 12.9. The van der Waals surface area contributed by atoms with Crippen molar-refractivity contribution in [2.75, 3.05) is 11.9 Å². The minimum Gasteiger partial charge on any atom is -0.364 e. The second kappa shape index (κ2) is 3.63. The molecule has 1 saturated heterocycles. The number of carbonyl (C=O) groups is 1. The first-order chi connectivity index (χ1) is 9.41. The van der Waals surface area contributed by atoms with E-state index in [1.54, 1.807) is 0 Å². The van der Waals surface area contributed by atoms with E-state index in [1.807, 2.05) is 12.3 Å². The van der Waals surface area contributed by atoms with Crippen LogP contribution in [0.1, 0.15) is 38.8 Å². The van der Waals surface area contributed by atoms with E-state index in [4.69, 9.17) is 4.74 Å². The van der Waals surface area contributed by atoms with Gasteiger partial charge in [0, 0.05) is 16.2 Å². The van der Waals surface area contributed by atoms with Crippen molar-refractivity contribution in [3.05, 3.63) is 11.1 Å². The molecule has 20 heavy (non-hydrogen) atoms. The number of hydrogen-bond acceptors (Lipinski definition) is 4. The summed E-state index contributed by atoms with van der Waals surface area (Å²) in [4.78, 5) is 17.2. The molecule has 4 bridgehead atoms. The molecule has 4 atom stereocenters. The Morgan fingerprint density at radius 2 is 2.35 bits per heavy atom. The van der Waals surface area contributed by atoms with Crippen LogP contribution in [-0.2, 0) is 9.53 Å². The van der Waals surface area contributed by atoms with Crippen LogP contribution in [0, 0.1) is 23.7 Å². The van der Waals surface area contributed by atoms with Gasteiger partial charge in [0.15, 0.2) is 10.7 Å². The molecule has 1 aromatic heterocycles. The lowest BCUT2D eigenvalue weighted by molar-refractivity contribution is -0.149. The zero-order chi connectivity index (χ0) is 14.2. The molecule has 4 rings (SSSR count). The molecular weight excluding hydrogens is 272 g/mol. The molecule has 0 aromatic carbocycles. The highest BCUT2D eigenvalue weighted by Crippen LogP contribution is 2.75. The van der Waals surface area contributed by atoms with Crippen LogP contribution in [0.5, 0.6) is 0 Å². The molecule has 2 heterocycles. The molecule has 108 valence electrons. The van der Waals surface area contributed by atoms with Crippen molar-refractivity contribution in [1.29, 1.82) is 0 Å². The molecule has 4 nitrogen and oxygen atoms in total. The van der Waals surface area contributed by atoms with Gasteiger partial charge in [0.25, 0.3) is 5.91 Å². The Hall–Kier alpha value is -0.940. The van der Waals surface area contributed by atoms with Crippen molar-refractivity contribution >= 4 is 22.4 Å². The molecule has 0 radical (unpaired) electrons. The van der Waals surface area contributed by atoms with Gasteiger partial charge in [-0.05, 0) is 32.1 Å². The minimum atomic E-state index is -0.635. The predicted octanol–water partition coefficient (Wildman–Crippen LogP) is 2.99. The molecule has 3 aliphatic rings. The maximum Gasteiger partial charge on any atom is 0.259 e. The average Bonchev–Trinajstić information content (AvgIpc) is 3.04. The third kappa shape index (κ3) is 1.22. The minimum absolute atomic E-state index is 0.0141. The second-order valence-electron chi connectivity index (χ2n) is 7.05. The molecule has 2 saturated carbocycles. The quantitative estimate of drug-likeness (QED) is 0.911. The van der Waals surface area contributed by atoms with E-state index in [0.717, 1.165) is 25.1 Å². The molecule has 1 aromatic rings. The second-order valence-corrected chi connectivity index (χ2v) is 7.91. The first kappa shape index (κ1) is 12.8. The molecule has 4 unspecified atom stereocenters. The highest BCUT2D eigenvalue weighted by atomic mass is 32.1. The van der Waals surface area contributed by atoms with Gasteiger partial charge in [0.2, 0.25) is 0 Å². The highest BCUT2D eigenvalue weighted by molar-refractivity contribution is 7.13. The number of thiazole rings is 1. The smallest absolute Gasteiger partial charge is 0.259 e. The normalized spacial score (nSPS) is 45.0. The van der Waals surface area contributed by atoms with Crippen LogP contribution >= 0.6 is 11.3 Å². The van der Waals surface area contributed by atoms with E-state index in [-0.39, 0.29) is 16.7 Å². The molecule has 1 aliphatic heterocycles. The van der Waals surface area contributed by atoms with E-state index >= 15 is 0 Å². The van der Waals surface area contributed by atoms with Gasteiger partial charge in [-0.2, -0.15) is 0 Å². The lowest BCUT2D eigenvalue weighted by Gasteiger charge is -2.39. The molecule has 2 aliphatic carbocycles. The third-order valence-electron chi connectivity index (χ3n) is 6.40. The van der Waals surface area contributed by atoms with Crippen molar-refractivity contribution in [3.63, 3.8) is 0 Å². The Labute approximate surface area is 122 Å². The largest absolute Gasteiger partial charge is 0.364 e. The van der Waals surface area contributed by atoms with Crippen molar-refractivity contribution < 1.29 is 9.53 Å². The van der Waals surface area contributed by atoms with Gasteiger partial charge >= 0.3 is 0 Å². The summed E-state index contributed by atoms with van der Waals surface area (Å²) in [7, 11) is 0. The lowest BCUT2D eigenvalue weighted by Crippen LogP contribution is -2.52. The van der Waals surface area contributed by atoms with Gasteiger partial charge in [0.05, 0.1) is 12.3 Å². The van der Waals surface area contributed by atoms with Gasteiger partial charge < -0.3 is 4.74 Å². The summed E-state index contributed by atoms with van der Waals surface area (Å²) in [6, 6.07) is 0. The summed E-state index contributed by atoms with van der Waals surface area (Å²) >= 11 is 1.48. The molecular formula is C15H20N2O2S. The van der Waals surface area contributed by atoms with Crippen molar-refractivity contribution in [1.82, 2.24) is 4.98 Å². The zero-order valence-electron chi connectivity index (χ0n) is 12.2. The Morgan fingerprint density at radius 3 is 2.95 bits per heavy atom. The number of rotatable bonds is 2. The number of aromatic nitrogens is 1. The number of amides is 1. The fourth-order valence-electron chi connectivity index (χ4n) is 4.87. The zero-order valence-corrected chi connectivity index (χ0v) is 13.0. The van der Waals surface area contributed by atoms with Crippen LogP contribution < -0.4 is 5.32 Å². The summed E-state index contributed by atoms with van der Waals surface area (Å²) < 4.78 is 6.09. The topological polar surface area (TPSA) is 51.2 Å². The first-order valence-electron chi connectivity index (χ1n) is 7.29.